The zero-order valence-electron chi connectivity index (χ0n) is 21.4. The minimum atomic E-state index is -3.93. The molecule has 0 bridgehead atoms. The van der Waals surface area contributed by atoms with Gasteiger partial charge in [-0.15, -0.1) is 0 Å². The van der Waals surface area contributed by atoms with Crippen molar-refractivity contribution in [3.05, 3.63) is 107 Å². The molecule has 1 amide bonds. The van der Waals surface area contributed by atoms with Gasteiger partial charge in [0, 0.05) is 23.2 Å². The van der Waals surface area contributed by atoms with Gasteiger partial charge in [0.25, 0.3) is 5.91 Å². The van der Waals surface area contributed by atoms with Crippen LogP contribution in [0.4, 0.5) is 5.69 Å². The highest BCUT2D eigenvalue weighted by molar-refractivity contribution is 9.10. The zero-order chi connectivity index (χ0) is 28.3. The maximum atomic E-state index is 13.2. The van der Waals surface area contributed by atoms with E-state index in [-0.39, 0.29) is 20.6 Å². The van der Waals surface area contributed by atoms with Crippen LogP contribution < -0.4 is 5.32 Å². The van der Waals surface area contributed by atoms with Gasteiger partial charge in [-0.25, -0.2) is 16.8 Å². The molecule has 1 aliphatic heterocycles. The molecule has 1 aromatic heterocycles. The Morgan fingerprint density at radius 3 is 2.10 bits per heavy atom. The number of carbonyl (C=O) groups is 1. The molecule has 1 saturated heterocycles. The maximum Gasteiger partial charge on any atom is 0.291 e. The van der Waals surface area contributed by atoms with Gasteiger partial charge in [-0.05, 0) is 91.4 Å². The lowest BCUT2D eigenvalue weighted by Gasteiger charge is -2.31. The summed E-state index contributed by atoms with van der Waals surface area (Å²) in [5, 5.41) is 2.26. The molecule has 0 spiro atoms. The summed E-state index contributed by atoms with van der Waals surface area (Å²) < 4.78 is 59.6. The van der Waals surface area contributed by atoms with E-state index in [2.05, 4.69) is 33.4 Å². The molecule has 1 aliphatic rings. The first-order valence-corrected chi connectivity index (χ1v) is 16.4. The van der Waals surface area contributed by atoms with Crippen LogP contribution in [0.15, 0.2) is 115 Å². The number of halogens is 1. The highest BCUT2D eigenvalue weighted by Crippen LogP contribution is 2.28. The molecular weight excluding hydrogens is 616 g/mol. The van der Waals surface area contributed by atoms with Crippen LogP contribution in [0.25, 0.3) is 0 Å². The van der Waals surface area contributed by atoms with Crippen molar-refractivity contribution in [3.8, 4) is 0 Å². The van der Waals surface area contributed by atoms with Crippen LogP contribution in [0.1, 0.15) is 29.0 Å². The molecule has 1 fully saturated rings. The largest absolute Gasteiger partial charge is 0.439 e. The number of sulfone groups is 1. The number of nitrogens with zero attached hydrogens (tertiary/aromatic N) is 1. The van der Waals surface area contributed by atoms with Gasteiger partial charge in [-0.1, -0.05) is 46.3 Å². The number of hydrogen-bond acceptors (Lipinski definition) is 6. The molecule has 5 rings (SSSR count). The second-order valence-corrected chi connectivity index (χ2v) is 14.3. The molecule has 0 radical (unpaired) electrons. The molecule has 0 aliphatic carbocycles. The number of benzene rings is 3. The van der Waals surface area contributed by atoms with Gasteiger partial charge < -0.3 is 9.73 Å². The molecule has 3 aromatic carbocycles. The highest BCUT2D eigenvalue weighted by Gasteiger charge is 2.29. The molecule has 4 aromatic rings. The predicted molar refractivity (Wildman–Crippen MR) is 154 cm³/mol. The summed E-state index contributed by atoms with van der Waals surface area (Å²) in [6.45, 7) is 0.921. The van der Waals surface area contributed by atoms with Crippen molar-refractivity contribution in [1.29, 1.82) is 0 Å². The van der Waals surface area contributed by atoms with Crippen LogP contribution in [0.2, 0.25) is 0 Å². The SMILES string of the molecule is O=C(Nc1ccc(S(=O)(=O)N2CCC(Cc3ccccc3)CC2)cc1)c1ccc(S(=O)(=O)c2ccc(Br)cc2)o1. The second kappa shape index (κ2) is 11.7. The Morgan fingerprint density at radius 1 is 0.825 bits per heavy atom. The maximum absolute atomic E-state index is 13.2. The zero-order valence-corrected chi connectivity index (χ0v) is 24.6. The van der Waals surface area contributed by atoms with Crippen LogP contribution in [-0.2, 0) is 26.3 Å². The van der Waals surface area contributed by atoms with Gasteiger partial charge >= 0.3 is 0 Å². The lowest BCUT2D eigenvalue weighted by atomic mass is 9.91. The van der Waals surface area contributed by atoms with E-state index in [1.54, 1.807) is 12.1 Å². The van der Waals surface area contributed by atoms with Crippen LogP contribution in [0.5, 0.6) is 0 Å². The number of piperidine rings is 1. The number of sulfonamides is 1. The number of furan rings is 1. The van der Waals surface area contributed by atoms with E-state index >= 15 is 0 Å². The molecule has 0 atom stereocenters. The van der Waals surface area contributed by atoms with Crippen molar-refractivity contribution in [2.24, 2.45) is 5.92 Å². The lowest BCUT2D eigenvalue weighted by Crippen LogP contribution is -2.38. The van der Waals surface area contributed by atoms with Crippen LogP contribution in [-0.4, -0.2) is 40.1 Å². The summed E-state index contributed by atoms with van der Waals surface area (Å²) in [5.74, 6) is -0.405. The van der Waals surface area contributed by atoms with E-state index in [1.807, 2.05) is 18.2 Å². The topological polar surface area (TPSA) is 114 Å². The monoisotopic (exact) mass is 642 g/mol. The molecule has 1 N–H and O–H groups in total. The smallest absolute Gasteiger partial charge is 0.291 e. The normalized spacial score (nSPS) is 15.1. The van der Waals surface area contributed by atoms with Gasteiger partial charge in [-0.2, -0.15) is 4.31 Å². The Labute approximate surface area is 242 Å². The molecule has 0 unspecified atom stereocenters. The molecule has 2 heterocycles. The van der Waals surface area contributed by atoms with Gasteiger partial charge in [-0.3, -0.25) is 4.79 Å². The van der Waals surface area contributed by atoms with E-state index in [1.165, 1.54) is 58.4 Å². The second-order valence-electron chi connectivity index (χ2n) is 9.59. The molecule has 8 nitrogen and oxygen atoms in total. The third-order valence-electron chi connectivity index (χ3n) is 6.88. The highest BCUT2D eigenvalue weighted by atomic mass is 79.9. The minimum Gasteiger partial charge on any atom is -0.439 e. The van der Waals surface area contributed by atoms with Crippen molar-refractivity contribution in [1.82, 2.24) is 4.31 Å². The molecular formula is C29H27BrN2O6S2. The molecule has 208 valence electrons. The fourth-order valence-electron chi connectivity index (χ4n) is 4.67. The molecule has 11 heteroatoms. The Hall–Kier alpha value is -3.25. The van der Waals surface area contributed by atoms with Gasteiger partial charge in [0.1, 0.15) is 0 Å². The Morgan fingerprint density at radius 2 is 1.45 bits per heavy atom. The van der Waals surface area contributed by atoms with Crippen LogP contribution >= 0.6 is 15.9 Å². The predicted octanol–water partition coefficient (Wildman–Crippen LogP) is 5.77. The Kier molecular flexibility index (Phi) is 8.27. The number of hydrogen-bond donors (Lipinski definition) is 1. The fraction of sp³-hybridized carbons (Fsp3) is 0.207. The number of rotatable bonds is 8. The fourth-order valence-corrected chi connectivity index (χ4v) is 7.58. The summed E-state index contributed by atoms with van der Waals surface area (Å²) in [4.78, 5) is 12.9. The summed E-state index contributed by atoms with van der Waals surface area (Å²) in [6.07, 6.45) is 2.53. The first-order chi connectivity index (χ1) is 19.1. The van der Waals surface area contributed by atoms with E-state index < -0.39 is 25.8 Å². The van der Waals surface area contributed by atoms with Gasteiger partial charge in [0.05, 0.1) is 9.79 Å². The van der Waals surface area contributed by atoms with E-state index in [4.69, 9.17) is 4.42 Å². The van der Waals surface area contributed by atoms with Gasteiger partial charge in [0.2, 0.25) is 25.0 Å². The third-order valence-corrected chi connectivity index (χ3v) is 11.0. The Bertz CT molecular complexity index is 1690. The average molecular weight is 644 g/mol. The lowest BCUT2D eigenvalue weighted by molar-refractivity contribution is 0.0991. The van der Waals surface area contributed by atoms with E-state index in [0.717, 1.165) is 23.7 Å². The van der Waals surface area contributed by atoms with E-state index in [0.29, 0.717) is 24.7 Å². The summed E-state index contributed by atoms with van der Waals surface area (Å²) in [5.41, 5.74) is 1.61. The minimum absolute atomic E-state index is 0.0363. The first-order valence-electron chi connectivity index (χ1n) is 12.7. The van der Waals surface area contributed by atoms with Crippen molar-refractivity contribution in [2.75, 3.05) is 18.4 Å². The van der Waals surface area contributed by atoms with Gasteiger partial charge in [0.15, 0.2) is 5.76 Å². The molecule has 40 heavy (non-hydrogen) atoms. The Balaban J connectivity index is 1.20. The quantitative estimate of drug-likeness (QED) is 0.261. The number of carbonyl (C=O) groups excluding carboxylic acids is 1. The van der Waals surface area contributed by atoms with Crippen molar-refractivity contribution < 1.29 is 26.0 Å². The van der Waals surface area contributed by atoms with Crippen molar-refractivity contribution in [2.45, 2.75) is 34.1 Å². The summed E-state index contributed by atoms with van der Waals surface area (Å²) >= 11 is 3.26. The van der Waals surface area contributed by atoms with Crippen LogP contribution in [0.3, 0.4) is 0 Å². The third kappa shape index (κ3) is 6.22. The number of amides is 1. The average Bonchev–Trinajstić information content (AvgIpc) is 3.46. The first kappa shape index (κ1) is 28.3. The van der Waals surface area contributed by atoms with Crippen LogP contribution in [0, 0.1) is 5.92 Å². The van der Waals surface area contributed by atoms with E-state index in [9.17, 15) is 21.6 Å². The number of nitrogens with one attached hydrogen (secondary N) is 1. The van der Waals surface area contributed by atoms with Crippen molar-refractivity contribution >= 4 is 47.4 Å². The molecule has 0 saturated carbocycles. The summed E-state index contributed by atoms with van der Waals surface area (Å²) in [7, 11) is -7.60. The standard InChI is InChI=1S/C29H27BrN2O6S2/c30-23-6-10-25(11-7-23)39(34,35)28-15-14-27(38-28)29(33)31-24-8-12-26(13-9-24)40(36,37)32-18-16-22(17-19-32)20-21-4-2-1-3-5-21/h1-15,22H,16-20H2,(H,31,33). The summed E-state index contributed by atoms with van der Waals surface area (Å²) in [6, 6.07) is 24.7. The number of anilines is 1. The van der Waals surface area contributed by atoms with Crippen molar-refractivity contribution in [3.63, 3.8) is 0 Å².